The molecule has 0 aliphatic carbocycles. The number of hydrogen-bond donors (Lipinski definition) is 1. The molecule has 0 bridgehead atoms. The Hall–Kier alpha value is -3.26. The van der Waals surface area contributed by atoms with Crippen molar-refractivity contribution >= 4 is 28.9 Å². The van der Waals surface area contributed by atoms with Crippen LogP contribution in [-0.2, 0) is 11.8 Å². The number of allylic oxidation sites excluding steroid dienone is 1. The minimum Gasteiger partial charge on any atom is -0.398 e. The van der Waals surface area contributed by atoms with Crippen molar-refractivity contribution in [2.75, 3.05) is 38.3 Å². The molecule has 0 unspecified atom stereocenters. The fourth-order valence-corrected chi connectivity index (χ4v) is 3.37. The second-order valence-electron chi connectivity index (χ2n) is 6.97. The molecule has 1 fully saturated rings. The standard InChI is InChI=1S/C21H25N7O/c1-14-24-18-20(27(14)3)25-19(26-21(18)28-9-11-29-12-10-28)16-6-4-5-15(13-16)17(22)7-8-23-2/h4-8,13H,9-12,22H2,1-3H3/b17-7-,23-8?. The lowest BCUT2D eigenvalue weighted by Gasteiger charge is -2.28. The average molecular weight is 391 g/mol. The van der Waals surface area contributed by atoms with E-state index in [0.717, 1.165) is 47.0 Å². The summed E-state index contributed by atoms with van der Waals surface area (Å²) < 4.78 is 7.51. The molecule has 8 nitrogen and oxygen atoms in total. The number of aryl methyl sites for hydroxylation is 2. The highest BCUT2D eigenvalue weighted by molar-refractivity contribution is 5.87. The number of ether oxygens (including phenoxy) is 1. The van der Waals surface area contributed by atoms with Gasteiger partial charge in [0.1, 0.15) is 5.82 Å². The van der Waals surface area contributed by atoms with E-state index < -0.39 is 0 Å². The summed E-state index contributed by atoms with van der Waals surface area (Å²) in [4.78, 5) is 20.6. The van der Waals surface area contributed by atoms with E-state index >= 15 is 0 Å². The first kappa shape index (κ1) is 19.1. The fourth-order valence-electron chi connectivity index (χ4n) is 3.37. The van der Waals surface area contributed by atoms with Crippen LogP contribution in [0.5, 0.6) is 0 Å². The number of aromatic nitrogens is 4. The number of rotatable bonds is 4. The Labute approximate surface area is 169 Å². The van der Waals surface area contributed by atoms with Gasteiger partial charge in [0, 0.05) is 44.7 Å². The summed E-state index contributed by atoms with van der Waals surface area (Å²) in [6.07, 6.45) is 3.46. The van der Waals surface area contributed by atoms with Crippen molar-refractivity contribution in [3.8, 4) is 11.4 Å². The molecule has 150 valence electrons. The van der Waals surface area contributed by atoms with Crippen LogP contribution in [-0.4, -0.2) is 59.1 Å². The Balaban J connectivity index is 1.85. The molecule has 4 rings (SSSR count). The van der Waals surface area contributed by atoms with Gasteiger partial charge in [-0.2, -0.15) is 0 Å². The van der Waals surface area contributed by atoms with Crippen LogP contribution in [0.2, 0.25) is 0 Å². The third-order valence-electron chi connectivity index (χ3n) is 5.09. The summed E-state index contributed by atoms with van der Waals surface area (Å²) >= 11 is 0. The van der Waals surface area contributed by atoms with Crippen LogP contribution in [0.1, 0.15) is 11.4 Å². The van der Waals surface area contributed by atoms with Crippen molar-refractivity contribution in [1.29, 1.82) is 0 Å². The summed E-state index contributed by atoms with van der Waals surface area (Å²) in [6.45, 7) is 4.91. The highest BCUT2D eigenvalue weighted by Crippen LogP contribution is 2.28. The van der Waals surface area contributed by atoms with Gasteiger partial charge in [-0.05, 0) is 24.6 Å². The highest BCUT2D eigenvalue weighted by Gasteiger charge is 2.21. The van der Waals surface area contributed by atoms with Crippen LogP contribution < -0.4 is 10.6 Å². The molecule has 8 heteroatoms. The molecule has 1 aromatic carbocycles. The number of anilines is 1. The van der Waals surface area contributed by atoms with Crippen molar-refractivity contribution in [2.45, 2.75) is 6.92 Å². The van der Waals surface area contributed by atoms with Crippen LogP contribution >= 0.6 is 0 Å². The number of morpholine rings is 1. The molecule has 1 aliphatic rings. The molecule has 2 N–H and O–H groups in total. The Morgan fingerprint density at radius 1 is 1.21 bits per heavy atom. The number of aliphatic imine (C=N–C) groups is 1. The first-order valence-electron chi connectivity index (χ1n) is 9.61. The van der Waals surface area contributed by atoms with Gasteiger partial charge < -0.3 is 19.9 Å². The van der Waals surface area contributed by atoms with Crippen molar-refractivity contribution in [3.63, 3.8) is 0 Å². The maximum Gasteiger partial charge on any atom is 0.166 e. The van der Waals surface area contributed by atoms with Crippen molar-refractivity contribution in [2.24, 2.45) is 17.8 Å². The summed E-state index contributed by atoms with van der Waals surface area (Å²) in [5.74, 6) is 2.41. The summed E-state index contributed by atoms with van der Waals surface area (Å²) in [6, 6.07) is 7.93. The Morgan fingerprint density at radius 3 is 2.76 bits per heavy atom. The van der Waals surface area contributed by atoms with Gasteiger partial charge in [-0.1, -0.05) is 18.2 Å². The Bertz CT molecular complexity index is 1090. The minimum atomic E-state index is 0.642. The summed E-state index contributed by atoms with van der Waals surface area (Å²) in [7, 11) is 3.69. The van der Waals surface area contributed by atoms with Gasteiger partial charge in [-0.3, -0.25) is 4.99 Å². The van der Waals surface area contributed by atoms with E-state index in [9.17, 15) is 0 Å². The molecule has 0 atom stereocenters. The third-order valence-corrected chi connectivity index (χ3v) is 5.09. The van der Waals surface area contributed by atoms with Crippen LogP contribution in [0.15, 0.2) is 35.3 Å². The summed E-state index contributed by atoms with van der Waals surface area (Å²) in [5.41, 5.74) is 10.3. The Morgan fingerprint density at radius 2 is 2.00 bits per heavy atom. The van der Waals surface area contributed by atoms with Gasteiger partial charge >= 0.3 is 0 Å². The zero-order chi connectivity index (χ0) is 20.4. The van der Waals surface area contributed by atoms with Gasteiger partial charge in [-0.25, -0.2) is 15.0 Å². The van der Waals surface area contributed by atoms with Crippen LogP contribution in [0.4, 0.5) is 5.82 Å². The molecule has 29 heavy (non-hydrogen) atoms. The number of hydrogen-bond acceptors (Lipinski definition) is 7. The molecule has 2 aromatic heterocycles. The van der Waals surface area contributed by atoms with E-state index in [1.807, 2.05) is 42.8 Å². The number of nitrogens with zero attached hydrogens (tertiary/aromatic N) is 6. The molecule has 3 aromatic rings. The van der Waals surface area contributed by atoms with Gasteiger partial charge in [-0.15, -0.1) is 0 Å². The monoisotopic (exact) mass is 391 g/mol. The molecular formula is C21H25N7O. The first-order chi connectivity index (χ1) is 14.1. The zero-order valence-electron chi connectivity index (χ0n) is 17.0. The predicted molar refractivity (Wildman–Crippen MR) is 116 cm³/mol. The first-order valence-corrected chi connectivity index (χ1v) is 9.61. The maximum absolute atomic E-state index is 6.19. The number of benzene rings is 1. The lowest BCUT2D eigenvalue weighted by atomic mass is 10.1. The van der Waals surface area contributed by atoms with E-state index in [1.54, 1.807) is 19.3 Å². The molecule has 0 saturated carbocycles. The highest BCUT2D eigenvalue weighted by atomic mass is 16.5. The van der Waals surface area contributed by atoms with E-state index in [2.05, 4.69) is 9.89 Å². The van der Waals surface area contributed by atoms with Crippen LogP contribution in [0.3, 0.4) is 0 Å². The quantitative estimate of drug-likeness (QED) is 0.685. The maximum atomic E-state index is 6.19. The van der Waals surface area contributed by atoms with E-state index in [4.69, 9.17) is 25.4 Å². The van der Waals surface area contributed by atoms with E-state index in [-0.39, 0.29) is 0 Å². The van der Waals surface area contributed by atoms with E-state index in [0.29, 0.717) is 24.7 Å². The SMILES string of the molecule is CN=C/C=C(\N)c1cccc(-c2nc(N3CCOCC3)c3nc(C)n(C)c3n2)c1. The van der Waals surface area contributed by atoms with Crippen molar-refractivity contribution < 1.29 is 4.74 Å². The minimum absolute atomic E-state index is 0.642. The lowest BCUT2D eigenvalue weighted by Crippen LogP contribution is -2.37. The third kappa shape index (κ3) is 3.71. The molecule has 1 aliphatic heterocycles. The van der Waals surface area contributed by atoms with Gasteiger partial charge in [0.2, 0.25) is 0 Å². The number of fused-ring (bicyclic) bond motifs is 1. The molecule has 0 radical (unpaired) electrons. The fraction of sp³-hybridized carbons (Fsp3) is 0.333. The van der Waals surface area contributed by atoms with E-state index in [1.165, 1.54) is 0 Å². The topological polar surface area (TPSA) is 94.5 Å². The molecular weight excluding hydrogens is 366 g/mol. The second-order valence-corrected chi connectivity index (χ2v) is 6.97. The molecule has 0 amide bonds. The number of nitrogens with two attached hydrogens (primary N) is 1. The molecule has 0 spiro atoms. The Kier molecular flexibility index (Phi) is 5.26. The van der Waals surface area contributed by atoms with Crippen molar-refractivity contribution in [3.05, 3.63) is 41.7 Å². The van der Waals surface area contributed by atoms with Gasteiger partial charge in [0.05, 0.1) is 13.2 Å². The normalized spacial score (nSPS) is 15.6. The molecule has 3 heterocycles. The molecule has 1 saturated heterocycles. The smallest absolute Gasteiger partial charge is 0.166 e. The average Bonchev–Trinajstić information content (AvgIpc) is 3.06. The van der Waals surface area contributed by atoms with Crippen molar-refractivity contribution in [1.82, 2.24) is 19.5 Å². The second kappa shape index (κ2) is 8.00. The lowest BCUT2D eigenvalue weighted by molar-refractivity contribution is 0.122. The van der Waals surface area contributed by atoms with Crippen LogP contribution in [0, 0.1) is 6.92 Å². The predicted octanol–water partition coefficient (Wildman–Crippen LogP) is 2.18. The summed E-state index contributed by atoms with van der Waals surface area (Å²) in [5, 5.41) is 0. The largest absolute Gasteiger partial charge is 0.398 e. The van der Waals surface area contributed by atoms with Gasteiger partial charge in [0.15, 0.2) is 22.8 Å². The zero-order valence-corrected chi connectivity index (χ0v) is 17.0. The van der Waals surface area contributed by atoms with Gasteiger partial charge in [0.25, 0.3) is 0 Å². The number of imidazole rings is 1. The van der Waals surface area contributed by atoms with Crippen LogP contribution in [0.25, 0.3) is 28.2 Å².